The van der Waals surface area contributed by atoms with Crippen LogP contribution in [0.1, 0.15) is 88.3 Å². The molecule has 0 bridgehead atoms. The summed E-state index contributed by atoms with van der Waals surface area (Å²) in [5.74, 6) is 0.142. The molecule has 3 saturated heterocycles. The summed E-state index contributed by atoms with van der Waals surface area (Å²) in [5.41, 5.74) is 5.01. The van der Waals surface area contributed by atoms with Crippen molar-refractivity contribution in [2.45, 2.75) is 96.3 Å². The van der Waals surface area contributed by atoms with Gasteiger partial charge in [-0.05, 0) is 81.1 Å². The molecule has 2 amide bonds. The standard InChI is InChI=1S/C33H43N5O4S/c1-20(2)30(28-17-29(36-42-28)41-18-26-14-13-25-7-5-15-37(25)26)33(40)38-16-6-8-27(38)32(39)35-21(3)23-9-11-24(12-10-23)31-22(4)34-19-43-31/h9-12,17,19-21,25-27,30H,5-8,13-16,18H2,1-4H3,(H,35,39)/t21-,25?,26-,27-,30-/m0/s1. The Kier molecular flexibility index (Phi) is 8.86. The molecule has 2 aromatic heterocycles. The van der Waals surface area contributed by atoms with E-state index in [9.17, 15) is 9.59 Å². The predicted molar refractivity (Wildman–Crippen MR) is 166 cm³/mol. The summed E-state index contributed by atoms with van der Waals surface area (Å²) in [7, 11) is 0. The van der Waals surface area contributed by atoms with Crippen LogP contribution in [0.3, 0.4) is 0 Å². The number of amides is 2. The van der Waals surface area contributed by atoms with Crippen molar-refractivity contribution >= 4 is 23.2 Å². The first-order valence-corrected chi connectivity index (χ1v) is 16.6. The Morgan fingerprint density at radius 2 is 1.88 bits per heavy atom. The number of carbonyl (C=O) groups is 2. The second-order valence-corrected chi connectivity index (χ2v) is 13.5. The van der Waals surface area contributed by atoms with E-state index in [0.717, 1.165) is 41.1 Å². The van der Waals surface area contributed by atoms with Crippen LogP contribution in [0.4, 0.5) is 0 Å². The lowest BCUT2D eigenvalue weighted by atomic mass is 9.91. The van der Waals surface area contributed by atoms with E-state index in [4.69, 9.17) is 9.26 Å². The highest BCUT2D eigenvalue weighted by molar-refractivity contribution is 7.13. The van der Waals surface area contributed by atoms with E-state index in [1.54, 1.807) is 22.3 Å². The van der Waals surface area contributed by atoms with Gasteiger partial charge in [0.15, 0.2) is 5.76 Å². The molecule has 3 aliphatic rings. The van der Waals surface area contributed by atoms with Gasteiger partial charge in [0.25, 0.3) is 5.88 Å². The minimum absolute atomic E-state index is 0.0302. The van der Waals surface area contributed by atoms with E-state index in [1.165, 1.54) is 19.3 Å². The highest BCUT2D eigenvalue weighted by atomic mass is 32.1. The molecule has 3 fully saturated rings. The van der Waals surface area contributed by atoms with Gasteiger partial charge in [0.05, 0.1) is 22.1 Å². The maximum atomic E-state index is 13.9. The molecule has 3 aromatic rings. The fourth-order valence-electron chi connectivity index (χ4n) is 7.16. The van der Waals surface area contributed by atoms with Crippen molar-refractivity contribution in [2.24, 2.45) is 5.92 Å². The molecule has 1 aromatic carbocycles. The van der Waals surface area contributed by atoms with Crippen LogP contribution in [0.15, 0.2) is 40.4 Å². The minimum Gasteiger partial charge on any atom is -0.474 e. The van der Waals surface area contributed by atoms with Crippen LogP contribution in [-0.2, 0) is 9.59 Å². The minimum atomic E-state index is -0.534. The van der Waals surface area contributed by atoms with E-state index >= 15 is 0 Å². The van der Waals surface area contributed by atoms with Crippen molar-refractivity contribution < 1.29 is 18.8 Å². The lowest BCUT2D eigenvalue weighted by Gasteiger charge is -2.29. The molecule has 3 aliphatic heterocycles. The zero-order chi connectivity index (χ0) is 30.1. The van der Waals surface area contributed by atoms with Gasteiger partial charge in [-0.3, -0.25) is 14.5 Å². The fraction of sp³-hybridized carbons (Fsp3) is 0.576. The van der Waals surface area contributed by atoms with Gasteiger partial charge in [0.1, 0.15) is 18.6 Å². The van der Waals surface area contributed by atoms with Crippen molar-refractivity contribution in [2.75, 3.05) is 19.7 Å². The van der Waals surface area contributed by atoms with Crippen LogP contribution in [0, 0.1) is 12.8 Å². The first-order valence-electron chi connectivity index (χ1n) is 15.8. The van der Waals surface area contributed by atoms with Gasteiger partial charge in [-0.25, -0.2) is 4.98 Å². The van der Waals surface area contributed by atoms with E-state index in [-0.39, 0.29) is 23.8 Å². The third kappa shape index (κ3) is 6.22. The number of nitrogens with one attached hydrogen (secondary N) is 1. The van der Waals surface area contributed by atoms with Gasteiger partial charge >= 0.3 is 0 Å². The molecular weight excluding hydrogens is 562 g/mol. The average molecular weight is 606 g/mol. The molecule has 1 unspecified atom stereocenters. The van der Waals surface area contributed by atoms with Crippen LogP contribution in [-0.4, -0.2) is 69.6 Å². The maximum absolute atomic E-state index is 13.9. The second-order valence-electron chi connectivity index (χ2n) is 12.7. The number of ether oxygens (including phenoxy) is 1. The third-order valence-corrected chi connectivity index (χ3v) is 10.5. The lowest BCUT2D eigenvalue weighted by molar-refractivity contribution is -0.141. The maximum Gasteiger partial charge on any atom is 0.254 e. The molecule has 230 valence electrons. The number of hydrogen-bond acceptors (Lipinski definition) is 8. The number of hydrogen-bond donors (Lipinski definition) is 1. The number of thiazole rings is 1. The SMILES string of the molecule is Cc1ncsc1-c1ccc([C@H](C)NC(=O)[C@@H]2CCCN2C(=O)[C@H](c2cc(OC[C@@H]3CCC4CCCN43)no2)C(C)C)cc1. The number of rotatable bonds is 10. The summed E-state index contributed by atoms with van der Waals surface area (Å²) < 4.78 is 11.7. The highest BCUT2D eigenvalue weighted by Gasteiger charge is 2.41. The smallest absolute Gasteiger partial charge is 0.254 e. The van der Waals surface area contributed by atoms with E-state index < -0.39 is 12.0 Å². The molecule has 0 radical (unpaired) electrons. The van der Waals surface area contributed by atoms with Crippen molar-refractivity contribution in [3.8, 4) is 16.3 Å². The van der Waals surface area contributed by atoms with Gasteiger partial charge in [-0.2, -0.15) is 0 Å². The number of fused-ring (bicyclic) bond motifs is 1. The topological polar surface area (TPSA) is 101 Å². The Bertz CT molecular complexity index is 1420. The Morgan fingerprint density at radius 1 is 1.09 bits per heavy atom. The molecule has 1 N–H and O–H groups in total. The Hall–Kier alpha value is -3.24. The number of aryl methyl sites for hydroxylation is 1. The van der Waals surface area contributed by atoms with Crippen LogP contribution in [0.2, 0.25) is 0 Å². The molecule has 0 spiro atoms. The largest absolute Gasteiger partial charge is 0.474 e. The molecule has 9 nitrogen and oxygen atoms in total. The quantitative estimate of drug-likeness (QED) is 0.316. The van der Waals surface area contributed by atoms with Crippen molar-refractivity contribution in [1.29, 1.82) is 0 Å². The van der Waals surface area contributed by atoms with Crippen molar-refractivity contribution in [3.05, 3.63) is 52.9 Å². The molecule has 0 aliphatic carbocycles. The lowest BCUT2D eigenvalue weighted by Crippen LogP contribution is -2.48. The first-order chi connectivity index (χ1) is 20.8. The molecule has 10 heteroatoms. The van der Waals surface area contributed by atoms with Crippen molar-refractivity contribution in [1.82, 2.24) is 25.3 Å². The van der Waals surface area contributed by atoms with E-state index in [2.05, 4.69) is 32.5 Å². The summed E-state index contributed by atoms with van der Waals surface area (Å²) >= 11 is 1.62. The van der Waals surface area contributed by atoms with Gasteiger partial charge in [-0.15, -0.1) is 11.3 Å². The molecular formula is C33H43N5O4S. The number of aromatic nitrogens is 2. The summed E-state index contributed by atoms with van der Waals surface area (Å²) in [6.07, 6.45) is 6.38. The Balaban J connectivity index is 1.08. The number of nitrogens with zero attached hydrogens (tertiary/aromatic N) is 4. The first kappa shape index (κ1) is 29.8. The summed E-state index contributed by atoms with van der Waals surface area (Å²) in [6, 6.07) is 10.4. The third-order valence-electron chi connectivity index (χ3n) is 9.51. The van der Waals surface area contributed by atoms with Crippen molar-refractivity contribution in [3.63, 3.8) is 0 Å². The van der Waals surface area contributed by atoms with Crippen LogP contribution in [0.25, 0.3) is 10.4 Å². The molecule has 5 atom stereocenters. The summed E-state index contributed by atoms with van der Waals surface area (Å²) in [6.45, 7) is 10.3. The van der Waals surface area contributed by atoms with Crippen LogP contribution >= 0.6 is 11.3 Å². The number of benzene rings is 1. The second kappa shape index (κ2) is 12.8. The number of carbonyl (C=O) groups excluding carboxylic acids is 2. The van der Waals surface area contributed by atoms with Gasteiger partial charge in [-0.1, -0.05) is 38.1 Å². The van der Waals surface area contributed by atoms with Gasteiger partial charge < -0.3 is 19.5 Å². The van der Waals surface area contributed by atoms with Crippen LogP contribution < -0.4 is 10.1 Å². The number of likely N-dealkylation sites (tertiary alicyclic amines) is 1. The zero-order valence-corrected chi connectivity index (χ0v) is 26.4. The molecule has 0 saturated carbocycles. The zero-order valence-electron chi connectivity index (χ0n) is 25.6. The Morgan fingerprint density at radius 3 is 2.63 bits per heavy atom. The summed E-state index contributed by atoms with van der Waals surface area (Å²) in [4.78, 5) is 37.2. The van der Waals surface area contributed by atoms with E-state index in [1.807, 2.05) is 45.3 Å². The van der Waals surface area contributed by atoms with Crippen LogP contribution in [0.5, 0.6) is 5.88 Å². The average Bonchev–Trinajstić information content (AvgIpc) is 3.81. The van der Waals surface area contributed by atoms with Gasteiger partial charge in [0.2, 0.25) is 11.8 Å². The monoisotopic (exact) mass is 605 g/mol. The highest BCUT2D eigenvalue weighted by Crippen LogP contribution is 2.35. The normalized spacial score (nSPS) is 23.5. The summed E-state index contributed by atoms with van der Waals surface area (Å²) in [5, 5.41) is 7.32. The Labute approximate surface area is 258 Å². The molecule has 43 heavy (non-hydrogen) atoms. The van der Waals surface area contributed by atoms with Gasteiger partial charge in [0, 0.05) is 24.7 Å². The molecule has 5 heterocycles. The predicted octanol–water partition coefficient (Wildman–Crippen LogP) is 5.72. The van der Waals surface area contributed by atoms with E-state index in [0.29, 0.717) is 43.3 Å². The fourth-order valence-corrected chi connectivity index (χ4v) is 7.97. The molecule has 6 rings (SSSR count).